The number of amides is 1. The summed E-state index contributed by atoms with van der Waals surface area (Å²) in [4.78, 5) is 44.9. The van der Waals surface area contributed by atoms with Gasteiger partial charge in [0, 0.05) is 41.0 Å². The number of aromatic amines is 1. The van der Waals surface area contributed by atoms with Crippen LogP contribution in [0.1, 0.15) is 66.8 Å². The maximum atomic E-state index is 15.3. The van der Waals surface area contributed by atoms with Crippen molar-refractivity contribution in [2.45, 2.75) is 46.1 Å². The predicted molar refractivity (Wildman–Crippen MR) is 162 cm³/mol. The molecule has 232 valence electrons. The van der Waals surface area contributed by atoms with Crippen molar-refractivity contribution in [2.24, 2.45) is 0 Å². The van der Waals surface area contributed by atoms with E-state index < -0.39 is 50.3 Å². The van der Waals surface area contributed by atoms with Crippen LogP contribution < -0.4 is 10.0 Å². The van der Waals surface area contributed by atoms with Crippen LogP contribution in [0.5, 0.6) is 0 Å². The molecule has 4 aromatic rings. The minimum atomic E-state index is -3.89. The molecule has 0 unspecified atom stereocenters. The number of sulfonamides is 1. The van der Waals surface area contributed by atoms with Gasteiger partial charge in [-0.3, -0.25) is 19.1 Å². The number of halogens is 2. The van der Waals surface area contributed by atoms with Crippen molar-refractivity contribution in [1.82, 2.24) is 15.3 Å². The molecule has 0 aliphatic heterocycles. The summed E-state index contributed by atoms with van der Waals surface area (Å²) in [7, 11) is -3.89. The Kier molecular flexibility index (Phi) is 9.47. The molecule has 0 aliphatic carbocycles. The number of hydrogen-bond acceptors (Lipinski definition) is 7. The van der Waals surface area contributed by atoms with E-state index in [2.05, 4.69) is 20.0 Å². The number of rotatable bonds is 11. The van der Waals surface area contributed by atoms with Gasteiger partial charge in [0.25, 0.3) is 5.91 Å². The first kappa shape index (κ1) is 32.3. The molecule has 0 aliphatic rings. The van der Waals surface area contributed by atoms with Crippen molar-refractivity contribution in [2.75, 3.05) is 17.0 Å². The predicted octanol–water partition coefficient (Wildman–Crippen LogP) is 5.35. The fourth-order valence-corrected chi connectivity index (χ4v) is 5.53. The number of nitrogens with one attached hydrogen (secondary N) is 3. The van der Waals surface area contributed by atoms with E-state index >= 15 is 4.39 Å². The van der Waals surface area contributed by atoms with Crippen LogP contribution in [0.4, 0.5) is 14.5 Å². The third-order valence-electron chi connectivity index (χ3n) is 6.35. The average Bonchev–Trinajstić information content (AvgIpc) is 3.37. The third kappa shape index (κ3) is 7.64. The van der Waals surface area contributed by atoms with Crippen LogP contribution in [-0.4, -0.2) is 53.9 Å². The second-order valence-corrected chi connectivity index (χ2v) is 12.9. The highest BCUT2D eigenvalue weighted by atomic mass is 32.2. The normalized spacial score (nSPS) is 11.8. The Balaban J connectivity index is 1.54. The monoisotopic (exact) mass is 626 g/mol. The van der Waals surface area contributed by atoms with Gasteiger partial charge >= 0.3 is 5.97 Å². The van der Waals surface area contributed by atoms with Crippen LogP contribution in [-0.2, 0) is 19.6 Å². The molecule has 2 aromatic carbocycles. The van der Waals surface area contributed by atoms with E-state index in [0.717, 1.165) is 12.1 Å². The van der Waals surface area contributed by atoms with Gasteiger partial charge in [-0.15, -0.1) is 0 Å². The second-order valence-electron chi connectivity index (χ2n) is 11.0. The van der Waals surface area contributed by atoms with Crippen LogP contribution in [0.15, 0.2) is 54.9 Å². The van der Waals surface area contributed by atoms with Gasteiger partial charge in [0.1, 0.15) is 17.1 Å². The summed E-state index contributed by atoms with van der Waals surface area (Å²) in [5.41, 5.74) is -0.271. The number of fused-ring (bicyclic) bond motifs is 1. The van der Waals surface area contributed by atoms with Crippen molar-refractivity contribution in [3.05, 3.63) is 83.2 Å². The summed E-state index contributed by atoms with van der Waals surface area (Å²) in [6.45, 7) is 7.02. The lowest BCUT2D eigenvalue weighted by Gasteiger charge is -2.19. The molecule has 0 bridgehead atoms. The molecule has 0 radical (unpaired) electrons. The molecule has 13 heteroatoms. The molecule has 0 spiro atoms. The Labute approximate surface area is 253 Å². The molecule has 0 fully saturated rings. The lowest BCUT2D eigenvalue weighted by molar-refractivity contribution is -0.154. The van der Waals surface area contributed by atoms with Gasteiger partial charge in [0.05, 0.1) is 23.4 Å². The Bertz CT molecular complexity index is 1830. The molecule has 3 N–H and O–H groups in total. The van der Waals surface area contributed by atoms with Crippen LogP contribution in [0.3, 0.4) is 0 Å². The third-order valence-corrected chi connectivity index (χ3v) is 7.82. The fourth-order valence-electron chi connectivity index (χ4n) is 4.40. The summed E-state index contributed by atoms with van der Waals surface area (Å²) >= 11 is 0. The Hall–Kier alpha value is -4.65. The second kappa shape index (κ2) is 12.9. The minimum Gasteiger partial charge on any atom is -0.460 e. The number of anilines is 1. The van der Waals surface area contributed by atoms with Gasteiger partial charge in [0.15, 0.2) is 5.82 Å². The first-order valence-corrected chi connectivity index (χ1v) is 15.4. The lowest BCUT2D eigenvalue weighted by Crippen LogP contribution is -2.29. The summed E-state index contributed by atoms with van der Waals surface area (Å²) in [6, 6.07) is 9.88. The van der Waals surface area contributed by atoms with E-state index in [-0.39, 0.29) is 42.0 Å². The van der Waals surface area contributed by atoms with Crippen molar-refractivity contribution >= 4 is 44.4 Å². The molecular weight excluding hydrogens is 594 g/mol. The number of aromatic nitrogens is 2. The first-order valence-electron chi connectivity index (χ1n) is 13.8. The summed E-state index contributed by atoms with van der Waals surface area (Å²) in [5.74, 6) is -4.55. The number of carbonyl (C=O) groups excluding carboxylic acids is 3. The largest absolute Gasteiger partial charge is 0.460 e. The zero-order valence-electron chi connectivity index (χ0n) is 24.6. The summed E-state index contributed by atoms with van der Waals surface area (Å²) < 4.78 is 61.7. The topological polar surface area (TPSA) is 147 Å². The van der Waals surface area contributed by atoms with Crippen molar-refractivity contribution in [3.63, 3.8) is 0 Å². The number of esters is 1. The SMILES string of the molecule is CCCS(=O)(=O)Nc1ccc(F)c(C(=O)c2c[nH]c3ncc(-c4ccc(C(=O)NCCC(=O)OC(C)(C)C)cc4)cc23)c1F. The van der Waals surface area contributed by atoms with Crippen LogP contribution in [0.2, 0.25) is 0 Å². The Morgan fingerprint density at radius 1 is 1.02 bits per heavy atom. The van der Waals surface area contributed by atoms with Gasteiger partial charge in [-0.05, 0) is 63.1 Å². The summed E-state index contributed by atoms with van der Waals surface area (Å²) in [5, 5.41) is 2.95. The number of ether oxygens (including phenoxy) is 1. The van der Waals surface area contributed by atoms with E-state index in [4.69, 9.17) is 4.74 Å². The molecule has 0 saturated heterocycles. The van der Waals surface area contributed by atoms with E-state index in [1.165, 1.54) is 12.4 Å². The van der Waals surface area contributed by atoms with Crippen LogP contribution in [0, 0.1) is 11.6 Å². The summed E-state index contributed by atoms with van der Waals surface area (Å²) in [6.07, 6.45) is 3.12. The molecule has 2 aromatic heterocycles. The molecule has 2 heterocycles. The molecule has 10 nitrogen and oxygen atoms in total. The zero-order chi connectivity index (χ0) is 32.2. The van der Waals surface area contributed by atoms with Crippen molar-refractivity contribution < 1.29 is 36.3 Å². The van der Waals surface area contributed by atoms with E-state index in [9.17, 15) is 27.2 Å². The number of hydrogen-bond donors (Lipinski definition) is 3. The van der Waals surface area contributed by atoms with E-state index in [1.807, 2.05) is 0 Å². The highest BCUT2D eigenvalue weighted by Crippen LogP contribution is 2.30. The van der Waals surface area contributed by atoms with Gasteiger partial charge < -0.3 is 15.0 Å². The number of ketones is 1. The number of pyridine rings is 1. The average molecular weight is 627 g/mol. The minimum absolute atomic E-state index is 0.0249. The van der Waals surface area contributed by atoms with E-state index in [1.54, 1.807) is 58.0 Å². The number of nitrogens with zero attached hydrogens (tertiary/aromatic N) is 1. The maximum absolute atomic E-state index is 15.3. The smallest absolute Gasteiger partial charge is 0.308 e. The van der Waals surface area contributed by atoms with Gasteiger partial charge in [-0.25, -0.2) is 22.2 Å². The van der Waals surface area contributed by atoms with Crippen molar-refractivity contribution in [3.8, 4) is 11.1 Å². The van der Waals surface area contributed by atoms with Gasteiger partial charge in [0.2, 0.25) is 15.8 Å². The zero-order valence-corrected chi connectivity index (χ0v) is 25.4. The lowest BCUT2D eigenvalue weighted by atomic mass is 9.99. The van der Waals surface area contributed by atoms with Crippen LogP contribution >= 0.6 is 0 Å². The van der Waals surface area contributed by atoms with Crippen LogP contribution in [0.25, 0.3) is 22.2 Å². The molecular formula is C31H32F2N4O6S. The molecule has 1 amide bonds. The Morgan fingerprint density at radius 2 is 1.73 bits per heavy atom. The van der Waals surface area contributed by atoms with Gasteiger partial charge in [-0.2, -0.15) is 0 Å². The number of benzene rings is 2. The molecule has 0 atom stereocenters. The highest BCUT2D eigenvalue weighted by Gasteiger charge is 2.26. The molecule has 44 heavy (non-hydrogen) atoms. The highest BCUT2D eigenvalue weighted by molar-refractivity contribution is 7.92. The molecule has 0 saturated carbocycles. The van der Waals surface area contributed by atoms with E-state index in [0.29, 0.717) is 22.3 Å². The Morgan fingerprint density at radius 3 is 2.39 bits per heavy atom. The fraction of sp³-hybridized carbons (Fsp3) is 0.290. The van der Waals surface area contributed by atoms with Gasteiger partial charge in [-0.1, -0.05) is 19.1 Å². The molecule has 4 rings (SSSR count). The maximum Gasteiger partial charge on any atom is 0.308 e. The quantitative estimate of drug-likeness (QED) is 0.150. The number of H-pyrrole nitrogens is 1. The standard InChI is InChI=1S/C31H32F2N4O6S/c1-5-14-44(41,42)37-24-11-10-23(32)26(27(24)33)28(39)22-17-36-29-21(22)15-20(16-35-29)18-6-8-19(9-7-18)30(40)34-13-12-25(38)43-31(2,3)4/h6-11,15-17,37H,5,12-14H2,1-4H3,(H,34,40)(H,35,36). The first-order chi connectivity index (χ1) is 20.7. The van der Waals surface area contributed by atoms with Crippen molar-refractivity contribution in [1.29, 1.82) is 0 Å². The number of carbonyl (C=O) groups is 3.